The Labute approximate surface area is 141 Å². The lowest BCUT2D eigenvalue weighted by atomic mass is 10.1. The first-order chi connectivity index (χ1) is 11.9. The van der Waals surface area contributed by atoms with Crippen LogP contribution in [0.5, 0.6) is 0 Å². The zero-order chi connectivity index (χ0) is 18.0. The number of anilines is 1. The normalized spacial score (nSPS) is 12.0. The molecule has 8 nitrogen and oxygen atoms in total. The van der Waals surface area contributed by atoms with Crippen LogP contribution in [0.1, 0.15) is 17.4 Å². The van der Waals surface area contributed by atoms with Crippen LogP contribution in [0.4, 0.5) is 19.5 Å². The predicted octanol–water partition coefficient (Wildman–Crippen LogP) is 1.74. The highest BCUT2D eigenvalue weighted by atomic mass is 19.2. The fourth-order valence-corrected chi connectivity index (χ4v) is 2.31. The largest absolute Gasteiger partial charge is 0.336 e. The average Bonchev–Trinajstić information content (AvgIpc) is 3.16. The number of carbonyl (C=O) groups excluding carboxylic acids is 1. The summed E-state index contributed by atoms with van der Waals surface area (Å²) in [6.45, 7) is 0. The monoisotopic (exact) mass is 347 g/mol. The van der Waals surface area contributed by atoms with Crippen LogP contribution >= 0.6 is 0 Å². The number of hydrogen-bond acceptors (Lipinski definition) is 4. The van der Waals surface area contributed by atoms with E-state index in [9.17, 15) is 13.6 Å². The summed E-state index contributed by atoms with van der Waals surface area (Å²) in [4.78, 5) is 20.3. The second-order valence-corrected chi connectivity index (χ2v) is 5.34. The Kier molecular flexibility index (Phi) is 4.42. The lowest BCUT2D eigenvalue weighted by molar-refractivity contribution is 0.249. The first kappa shape index (κ1) is 16.6. The Bertz CT molecular complexity index is 905. The number of benzene rings is 1. The summed E-state index contributed by atoms with van der Waals surface area (Å²) in [5.41, 5.74) is 0.345. The molecule has 0 fully saturated rings. The molecule has 25 heavy (non-hydrogen) atoms. The molecule has 0 aliphatic carbocycles. The average molecular weight is 347 g/mol. The highest BCUT2D eigenvalue weighted by molar-refractivity contribution is 5.87. The molecule has 3 rings (SSSR count). The molecule has 0 aliphatic rings. The van der Waals surface area contributed by atoms with Crippen molar-refractivity contribution in [2.24, 2.45) is 14.1 Å². The van der Waals surface area contributed by atoms with E-state index in [1.54, 1.807) is 31.1 Å². The predicted molar refractivity (Wildman–Crippen MR) is 84.6 cm³/mol. The maximum atomic E-state index is 13.6. The summed E-state index contributed by atoms with van der Waals surface area (Å²) >= 11 is 0. The first-order valence-corrected chi connectivity index (χ1v) is 7.29. The Morgan fingerprint density at radius 2 is 2.00 bits per heavy atom. The van der Waals surface area contributed by atoms with E-state index in [0.29, 0.717) is 11.4 Å². The van der Waals surface area contributed by atoms with Gasteiger partial charge in [0.05, 0.1) is 0 Å². The first-order valence-electron chi connectivity index (χ1n) is 7.29. The van der Waals surface area contributed by atoms with Crippen molar-refractivity contribution in [3.05, 3.63) is 59.9 Å². The number of urea groups is 1. The lowest BCUT2D eigenvalue weighted by Crippen LogP contribution is -2.35. The van der Waals surface area contributed by atoms with Gasteiger partial charge in [0.2, 0.25) is 5.95 Å². The second kappa shape index (κ2) is 6.67. The molecule has 2 amide bonds. The topological polar surface area (TPSA) is 89.7 Å². The van der Waals surface area contributed by atoms with Gasteiger partial charge < -0.3 is 9.88 Å². The van der Waals surface area contributed by atoms with Crippen LogP contribution in [0.3, 0.4) is 0 Å². The molecule has 1 unspecified atom stereocenters. The van der Waals surface area contributed by atoms with Gasteiger partial charge in [-0.1, -0.05) is 6.07 Å². The summed E-state index contributed by atoms with van der Waals surface area (Å²) < 4.78 is 29.9. The molecule has 2 aromatic heterocycles. The third-order valence-corrected chi connectivity index (χ3v) is 3.49. The fraction of sp³-hybridized carbons (Fsp3) is 0.200. The molecule has 2 heterocycles. The highest BCUT2D eigenvalue weighted by Crippen LogP contribution is 2.22. The van der Waals surface area contributed by atoms with E-state index in [1.165, 1.54) is 17.1 Å². The Hall–Kier alpha value is -3.30. The van der Waals surface area contributed by atoms with Crippen LogP contribution in [0, 0.1) is 11.6 Å². The molecule has 0 radical (unpaired) electrons. The van der Waals surface area contributed by atoms with Crippen LogP contribution in [0.15, 0.2) is 36.9 Å². The van der Waals surface area contributed by atoms with Gasteiger partial charge in [0, 0.05) is 26.5 Å². The summed E-state index contributed by atoms with van der Waals surface area (Å²) in [6.07, 6.45) is 4.66. The van der Waals surface area contributed by atoms with Gasteiger partial charge in [0.15, 0.2) is 11.6 Å². The number of aromatic nitrogens is 5. The van der Waals surface area contributed by atoms with Crippen LogP contribution in [0.2, 0.25) is 0 Å². The number of nitrogens with zero attached hydrogens (tertiary/aromatic N) is 5. The van der Waals surface area contributed by atoms with E-state index < -0.39 is 23.7 Å². The van der Waals surface area contributed by atoms with Crippen LogP contribution in [-0.4, -0.2) is 30.3 Å². The molecule has 10 heteroatoms. The third kappa shape index (κ3) is 3.62. The SMILES string of the molecule is Cn1cnc(NC(=O)NC(c2ccc(F)c(F)c2)c2nccn2C)n1. The van der Waals surface area contributed by atoms with Gasteiger partial charge in [0.1, 0.15) is 18.2 Å². The Morgan fingerprint density at radius 3 is 2.60 bits per heavy atom. The maximum absolute atomic E-state index is 13.6. The van der Waals surface area contributed by atoms with Gasteiger partial charge in [-0.15, -0.1) is 5.10 Å². The van der Waals surface area contributed by atoms with E-state index in [0.717, 1.165) is 12.1 Å². The Morgan fingerprint density at radius 1 is 1.20 bits per heavy atom. The lowest BCUT2D eigenvalue weighted by Gasteiger charge is -2.19. The molecule has 0 bridgehead atoms. The summed E-state index contributed by atoms with van der Waals surface area (Å²) in [7, 11) is 3.39. The Balaban J connectivity index is 1.87. The summed E-state index contributed by atoms with van der Waals surface area (Å²) in [5, 5.41) is 9.08. The van der Waals surface area contributed by atoms with Gasteiger partial charge in [-0.05, 0) is 17.7 Å². The summed E-state index contributed by atoms with van der Waals surface area (Å²) in [5.74, 6) is -1.41. The van der Waals surface area contributed by atoms with Crippen LogP contribution in [-0.2, 0) is 14.1 Å². The minimum absolute atomic E-state index is 0.115. The molecular weight excluding hydrogens is 332 g/mol. The molecule has 130 valence electrons. The van der Waals surface area contributed by atoms with Crippen molar-refractivity contribution in [3.8, 4) is 0 Å². The van der Waals surface area contributed by atoms with Crippen molar-refractivity contribution in [2.75, 3.05) is 5.32 Å². The molecule has 2 N–H and O–H groups in total. The number of hydrogen-bond donors (Lipinski definition) is 2. The van der Waals surface area contributed by atoms with Crippen molar-refractivity contribution < 1.29 is 13.6 Å². The molecule has 1 atom stereocenters. The fourth-order valence-electron chi connectivity index (χ4n) is 2.31. The molecule has 0 spiro atoms. The van der Waals surface area contributed by atoms with Gasteiger partial charge in [0.25, 0.3) is 0 Å². The highest BCUT2D eigenvalue weighted by Gasteiger charge is 2.22. The second-order valence-electron chi connectivity index (χ2n) is 5.34. The maximum Gasteiger partial charge on any atom is 0.322 e. The molecule has 1 aromatic carbocycles. The number of imidazole rings is 1. The zero-order valence-corrected chi connectivity index (χ0v) is 13.4. The van der Waals surface area contributed by atoms with E-state index in [4.69, 9.17) is 0 Å². The zero-order valence-electron chi connectivity index (χ0n) is 13.4. The van der Waals surface area contributed by atoms with Gasteiger partial charge >= 0.3 is 6.03 Å². The van der Waals surface area contributed by atoms with E-state index in [-0.39, 0.29) is 5.95 Å². The molecule has 0 aliphatic heterocycles. The summed E-state index contributed by atoms with van der Waals surface area (Å²) in [6, 6.07) is 2.01. The number of nitrogens with one attached hydrogen (secondary N) is 2. The van der Waals surface area contributed by atoms with E-state index >= 15 is 0 Å². The molecular formula is C15H15F2N7O. The number of carbonyl (C=O) groups is 1. The number of rotatable bonds is 4. The van der Waals surface area contributed by atoms with Crippen molar-refractivity contribution in [1.82, 2.24) is 29.6 Å². The molecule has 3 aromatic rings. The van der Waals surface area contributed by atoms with Crippen LogP contribution < -0.4 is 10.6 Å². The number of amides is 2. The van der Waals surface area contributed by atoms with Gasteiger partial charge in [-0.3, -0.25) is 10.00 Å². The molecule has 0 saturated heterocycles. The van der Waals surface area contributed by atoms with E-state index in [1.807, 2.05) is 0 Å². The minimum atomic E-state index is -1.01. The molecule has 0 saturated carbocycles. The minimum Gasteiger partial charge on any atom is -0.336 e. The van der Waals surface area contributed by atoms with Crippen molar-refractivity contribution in [2.45, 2.75) is 6.04 Å². The number of aryl methyl sites for hydroxylation is 2. The van der Waals surface area contributed by atoms with Crippen molar-refractivity contribution in [3.63, 3.8) is 0 Å². The smallest absolute Gasteiger partial charge is 0.322 e. The standard InChI is InChI=1S/C15H15F2N7O/c1-23-6-5-18-13(23)12(9-3-4-10(16)11(17)7-9)20-15(25)21-14-19-8-24(2)22-14/h3-8,12H,1-2H3,(H2,20,21,22,25). The van der Waals surface area contributed by atoms with Crippen molar-refractivity contribution in [1.29, 1.82) is 0 Å². The van der Waals surface area contributed by atoms with E-state index in [2.05, 4.69) is 25.7 Å². The van der Waals surface area contributed by atoms with Gasteiger partial charge in [-0.25, -0.2) is 23.5 Å². The van der Waals surface area contributed by atoms with Crippen LogP contribution in [0.25, 0.3) is 0 Å². The number of halogens is 2. The third-order valence-electron chi connectivity index (χ3n) is 3.49. The van der Waals surface area contributed by atoms with Crippen molar-refractivity contribution >= 4 is 12.0 Å². The quantitative estimate of drug-likeness (QED) is 0.752. The van der Waals surface area contributed by atoms with Gasteiger partial charge in [-0.2, -0.15) is 0 Å².